The molecule has 0 saturated carbocycles. The summed E-state index contributed by atoms with van der Waals surface area (Å²) >= 11 is 0. The lowest BCUT2D eigenvalue weighted by Crippen LogP contribution is -2.12. The monoisotopic (exact) mass is 485 g/mol. The Morgan fingerprint density at radius 3 is 2.57 bits per heavy atom. The molecule has 3 aromatic rings. The quantitative estimate of drug-likeness (QED) is 0.331. The van der Waals surface area contributed by atoms with E-state index in [9.17, 15) is 9.59 Å². The van der Waals surface area contributed by atoms with Gasteiger partial charge in [0.25, 0.3) is 0 Å². The second-order valence-electron chi connectivity index (χ2n) is 8.44. The molecule has 0 unspecified atom stereocenters. The Balaban J connectivity index is 0.00000167. The summed E-state index contributed by atoms with van der Waals surface area (Å²) in [7, 11) is 3.11. The zero-order chi connectivity index (χ0) is 25.7. The van der Waals surface area contributed by atoms with Crippen molar-refractivity contribution in [2.24, 2.45) is 7.05 Å². The van der Waals surface area contributed by atoms with Crippen LogP contribution in [-0.2, 0) is 47.1 Å². The van der Waals surface area contributed by atoms with E-state index in [2.05, 4.69) is 0 Å². The molecule has 0 radical (unpaired) electrons. The standard InChI is InChI=1S/C25H30FN3O4.C2H6/c1-5-19-22(20-10-6-7-13-29(20)27-19)21-18(26)12-11-17-16(9-8-14-33-15(2)30)24(25(31)32-4)28(3)23(17)21;1-2/h11-12H,5-10,13-14H2,1-4H3;1-2H3. The van der Waals surface area contributed by atoms with Gasteiger partial charge in [-0.15, -0.1) is 0 Å². The van der Waals surface area contributed by atoms with Crippen molar-refractivity contribution in [3.8, 4) is 11.1 Å². The highest BCUT2D eigenvalue weighted by atomic mass is 19.1. The largest absolute Gasteiger partial charge is 0.466 e. The number of carbonyl (C=O) groups is 2. The number of halogens is 1. The molecule has 0 bridgehead atoms. The van der Waals surface area contributed by atoms with Gasteiger partial charge in [-0.3, -0.25) is 9.48 Å². The van der Waals surface area contributed by atoms with E-state index in [0.717, 1.165) is 53.7 Å². The number of esters is 2. The molecule has 1 aromatic carbocycles. The maximum absolute atomic E-state index is 15.5. The second kappa shape index (κ2) is 11.5. The van der Waals surface area contributed by atoms with Gasteiger partial charge in [-0.25, -0.2) is 9.18 Å². The number of hydrogen-bond acceptors (Lipinski definition) is 5. The molecule has 0 N–H and O–H groups in total. The van der Waals surface area contributed by atoms with Crippen molar-refractivity contribution in [3.05, 3.63) is 40.6 Å². The Bertz CT molecular complexity index is 1230. The maximum Gasteiger partial charge on any atom is 0.354 e. The van der Waals surface area contributed by atoms with Gasteiger partial charge in [0.15, 0.2) is 0 Å². The van der Waals surface area contributed by atoms with Crippen LogP contribution in [0.3, 0.4) is 0 Å². The van der Waals surface area contributed by atoms with Crippen LogP contribution in [0.15, 0.2) is 12.1 Å². The molecule has 8 heteroatoms. The predicted octanol–water partition coefficient (Wildman–Crippen LogP) is 5.39. The summed E-state index contributed by atoms with van der Waals surface area (Å²) in [5, 5.41) is 5.58. The molecule has 2 aromatic heterocycles. The molecular weight excluding hydrogens is 449 g/mol. The third kappa shape index (κ3) is 4.97. The number of methoxy groups -OCH3 is 1. The fourth-order valence-electron chi connectivity index (χ4n) is 4.99. The predicted molar refractivity (Wildman–Crippen MR) is 134 cm³/mol. The van der Waals surface area contributed by atoms with E-state index >= 15 is 4.39 Å². The first-order valence-electron chi connectivity index (χ1n) is 12.5. The molecule has 4 rings (SSSR count). The zero-order valence-corrected chi connectivity index (χ0v) is 21.7. The number of aryl methyl sites for hydroxylation is 4. The Morgan fingerprint density at radius 2 is 1.91 bits per heavy atom. The molecule has 0 fully saturated rings. The molecule has 7 nitrogen and oxygen atoms in total. The number of fused-ring (bicyclic) bond motifs is 2. The van der Waals surface area contributed by atoms with Crippen molar-refractivity contribution in [3.63, 3.8) is 0 Å². The average Bonchev–Trinajstić information content (AvgIpc) is 3.37. The van der Waals surface area contributed by atoms with E-state index in [1.807, 2.05) is 25.5 Å². The summed E-state index contributed by atoms with van der Waals surface area (Å²) in [5.41, 5.74) is 5.09. The normalized spacial score (nSPS) is 12.7. The van der Waals surface area contributed by atoms with Crippen LogP contribution < -0.4 is 0 Å². The minimum atomic E-state index is -0.477. The molecule has 0 spiro atoms. The Hall–Kier alpha value is -3.16. The molecule has 1 aliphatic rings. The summed E-state index contributed by atoms with van der Waals surface area (Å²) in [5.74, 6) is -1.15. The number of aromatic nitrogens is 3. The third-order valence-electron chi connectivity index (χ3n) is 6.41. The van der Waals surface area contributed by atoms with Gasteiger partial charge in [-0.05, 0) is 56.2 Å². The van der Waals surface area contributed by atoms with Gasteiger partial charge in [0.2, 0.25) is 0 Å². The van der Waals surface area contributed by atoms with Crippen molar-refractivity contribution in [2.75, 3.05) is 13.7 Å². The Morgan fingerprint density at radius 1 is 1.17 bits per heavy atom. The number of carbonyl (C=O) groups excluding carboxylic acids is 2. The molecule has 35 heavy (non-hydrogen) atoms. The maximum atomic E-state index is 15.5. The fourth-order valence-corrected chi connectivity index (χ4v) is 4.99. The van der Waals surface area contributed by atoms with E-state index < -0.39 is 5.97 Å². The Kier molecular flexibility index (Phi) is 8.70. The molecular formula is C27H36FN3O4. The van der Waals surface area contributed by atoms with E-state index in [0.29, 0.717) is 36.0 Å². The van der Waals surface area contributed by atoms with Gasteiger partial charge in [0, 0.05) is 42.7 Å². The van der Waals surface area contributed by atoms with Crippen molar-refractivity contribution in [1.29, 1.82) is 0 Å². The van der Waals surface area contributed by atoms with Gasteiger partial charge in [-0.2, -0.15) is 5.10 Å². The first-order valence-corrected chi connectivity index (χ1v) is 12.5. The first kappa shape index (κ1) is 26.4. The van der Waals surface area contributed by atoms with E-state index in [-0.39, 0.29) is 18.4 Å². The number of benzene rings is 1. The van der Waals surface area contributed by atoms with E-state index in [1.165, 1.54) is 20.1 Å². The van der Waals surface area contributed by atoms with Crippen LogP contribution in [0, 0.1) is 5.82 Å². The fraction of sp³-hybridized carbons (Fsp3) is 0.519. The number of hydrogen-bond donors (Lipinski definition) is 0. The molecule has 0 atom stereocenters. The minimum Gasteiger partial charge on any atom is -0.466 e. The molecule has 190 valence electrons. The molecule has 0 saturated heterocycles. The van der Waals surface area contributed by atoms with Crippen LogP contribution in [0.5, 0.6) is 0 Å². The number of nitrogens with zero attached hydrogens (tertiary/aromatic N) is 3. The molecule has 0 amide bonds. The molecule has 3 heterocycles. The minimum absolute atomic E-state index is 0.247. The lowest BCUT2D eigenvalue weighted by molar-refractivity contribution is -0.141. The summed E-state index contributed by atoms with van der Waals surface area (Å²) in [6.45, 7) is 8.48. The highest BCUT2D eigenvalue weighted by Crippen LogP contribution is 2.40. The van der Waals surface area contributed by atoms with Gasteiger partial charge in [0.1, 0.15) is 11.5 Å². The van der Waals surface area contributed by atoms with Crippen molar-refractivity contribution in [2.45, 2.75) is 72.8 Å². The van der Waals surface area contributed by atoms with Crippen LogP contribution >= 0.6 is 0 Å². The molecule has 1 aliphatic heterocycles. The number of rotatable bonds is 7. The van der Waals surface area contributed by atoms with Crippen molar-refractivity contribution in [1.82, 2.24) is 14.3 Å². The van der Waals surface area contributed by atoms with Gasteiger partial charge < -0.3 is 14.0 Å². The van der Waals surface area contributed by atoms with Gasteiger partial charge >= 0.3 is 11.9 Å². The first-order chi connectivity index (χ1) is 16.9. The van der Waals surface area contributed by atoms with Crippen LogP contribution in [0.2, 0.25) is 0 Å². The summed E-state index contributed by atoms with van der Waals surface area (Å²) in [4.78, 5) is 23.9. The third-order valence-corrected chi connectivity index (χ3v) is 6.41. The molecule has 0 aliphatic carbocycles. The summed E-state index contributed by atoms with van der Waals surface area (Å²) < 4.78 is 29.4. The lowest BCUT2D eigenvalue weighted by Gasteiger charge is -2.16. The van der Waals surface area contributed by atoms with Crippen LogP contribution in [0.1, 0.15) is 74.4 Å². The van der Waals surface area contributed by atoms with Crippen molar-refractivity contribution >= 4 is 22.8 Å². The van der Waals surface area contributed by atoms with Gasteiger partial charge in [0.05, 0.1) is 24.9 Å². The summed E-state index contributed by atoms with van der Waals surface area (Å²) in [6.07, 6.45) is 4.68. The smallest absolute Gasteiger partial charge is 0.354 e. The highest BCUT2D eigenvalue weighted by molar-refractivity contribution is 6.05. The average molecular weight is 486 g/mol. The number of ether oxygens (including phenoxy) is 2. The zero-order valence-electron chi connectivity index (χ0n) is 21.7. The van der Waals surface area contributed by atoms with Crippen LogP contribution in [-0.4, -0.2) is 40.0 Å². The SMILES string of the molecule is CC.CCc1nn2c(c1-c1c(F)ccc3c(CCCOC(C)=O)c(C(=O)OC)n(C)c13)CCCC2. The second-order valence-corrected chi connectivity index (χ2v) is 8.44. The van der Waals surface area contributed by atoms with E-state index in [4.69, 9.17) is 14.6 Å². The highest BCUT2D eigenvalue weighted by Gasteiger charge is 2.29. The van der Waals surface area contributed by atoms with Crippen LogP contribution in [0.4, 0.5) is 4.39 Å². The topological polar surface area (TPSA) is 75.3 Å². The Labute approximate surface area is 206 Å². The van der Waals surface area contributed by atoms with Crippen molar-refractivity contribution < 1.29 is 23.5 Å². The van der Waals surface area contributed by atoms with E-state index in [1.54, 1.807) is 17.7 Å². The summed E-state index contributed by atoms with van der Waals surface area (Å²) in [6, 6.07) is 3.20. The van der Waals surface area contributed by atoms with Crippen LogP contribution in [0.25, 0.3) is 22.0 Å². The lowest BCUT2D eigenvalue weighted by atomic mass is 9.94. The van der Waals surface area contributed by atoms with Gasteiger partial charge in [-0.1, -0.05) is 20.8 Å².